The van der Waals surface area contributed by atoms with Crippen LogP contribution >= 0.6 is 0 Å². The van der Waals surface area contributed by atoms with Crippen LogP contribution in [0.25, 0.3) is 0 Å². The van der Waals surface area contributed by atoms with Crippen LogP contribution in [-0.4, -0.2) is 6.61 Å². The molecule has 0 N–H and O–H groups in total. The molecule has 4 rings (SSSR count). The summed E-state index contributed by atoms with van der Waals surface area (Å²) in [6.45, 7) is 4.65. The Morgan fingerprint density at radius 1 is 0.857 bits per heavy atom. The molecular formula is C33H39FO. The summed E-state index contributed by atoms with van der Waals surface area (Å²) >= 11 is 0. The maximum atomic E-state index is 15.1. The molecule has 184 valence electrons. The highest BCUT2D eigenvalue weighted by atomic mass is 19.1. The van der Waals surface area contributed by atoms with E-state index in [1.165, 1.54) is 38.5 Å². The maximum Gasteiger partial charge on any atom is 0.127 e. The fraction of sp³-hybridized carbons (Fsp3) is 0.455. The first-order valence-corrected chi connectivity index (χ1v) is 13.4. The van der Waals surface area contributed by atoms with E-state index in [1.807, 2.05) is 55.5 Å². The van der Waals surface area contributed by atoms with Gasteiger partial charge in [-0.2, -0.15) is 0 Å². The first-order valence-electron chi connectivity index (χ1n) is 13.4. The van der Waals surface area contributed by atoms with Crippen molar-refractivity contribution in [3.63, 3.8) is 0 Å². The smallest absolute Gasteiger partial charge is 0.127 e. The molecule has 35 heavy (non-hydrogen) atoms. The van der Waals surface area contributed by atoms with E-state index in [0.717, 1.165) is 53.0 Å². The zero-order chi connectivity index (χ0) is 24.5. The normalized spacial score (nSPS) is 24.2. The van der Waals surface area contributed by atoms with Crippen LogP contribution in [0, 0.1) is 35.4 Å². The SMILES string of the molecule is C/C=C/CCC1CCC2CC(c3ccc(C#Cc4ccc(OC/C=C/C)cc4)cc3F)CCC2C1. The van der Waals surface area contributed by atoms with Gasteiger partial charge in [0.2, 0.25) is 0 Å². The lowest BCUT2D eigenvalue weighted by Gasteiger charge is -2.42. The zero-order valence-electron chi connectivity index (χ0n) is 21.3. The third-order valence-corrected chi connectivity index (χ3v) is 7.93. The molecule has 2 aliphatic carbocycles. The van der Waals surface area contributed by atoms with Crippen LogP contribution in [0.4, 0.5) is 4.39 Å². The van der Waals surface area contributed by atoms with Crippen LogP contribution in [0.1, 0.15) is 87.8 Å². The topological polar surface area (TPSA) is 9.23 Å². The van der Waals surface area contributed by atoms with Gasteiger partial charge in [0.1, 0.15) is 18.2 Å². The summed E-state index contributed by atoms with van der Waals surface area (Å²) < 4.78 is 20.7. The van der Waals surface area contributed by atoms with Gasteiger partial charge in [0, 0.05) is 11.1 Å². The van der Waals surface area contributed by atoms with Gasteiger partial charge in [-0.05, 0) is 124 Å². The largest absolute Gasteiger partial charge is 0.490 e. The van der Waals surface area contributed by atoms with Gasteiger partial charge in [0.05, 0.1) is 0 Å². The molecule has 0 heterocycles. The average molecular weight is 471 g/mol. The molecule has 4 atom stereocenters. The number of rotatable bonds is 7. The molecule has 0 spiro atoms. The second-order valence-corrected chi connectivity index (χ2v) is 10.2. The highest BCUT2D eigenvalue weighted by molar-refractivity contribution is 5.45. The second-order valence-electron chi connectivity index (χ2n) is 10.2. The van der Waals surface area contributed by atoms with Crippen LogP contribution < -0.4 is 4.74 Å². The van der Waals surface area contributed by atoms with Crippen molar-refractivity contribution in [2.75, 3.05) is 6.61 Å². The van der Waals surface area contributed by atoms with Gasteiger partial charge < -0.3 is 4.74 Å². The Kier molecular flexibility index (Phi) is 9.24. The van der Waals surface area contributed by atoms with E-state index in [2.05, 4.69) is 30.9 Å². The molecule has 4 unspecified atom stereocenters. The molecule has 0 bridgehead atoms. The third-order valence-electron chi connectivity index (χ3n) is 7.93. The summed E-state index contributed by atoms with van der Waals surface area (Å²) in [4.78, 5) is 0. The van der Waals surface area contributed by atoms with Crippen LogP contribution in [-0.2, 0) is 0 Å². The molecule has 2 aromatic carbocycles. The molecule has 0 aliphatic heterocycles. The van der Waals surface area contributed by atoms with Crippen molar-refractivity contribution in [1.29, 1.82) is 0 Å². The molecule has 0 aromatic heterocycles. The number of hydrogen-bond acceptors (Lipinski definition) is 1. The number of allylic oxidation sites excluding steroid dienone is 3. The van der Waals surface area contributed by atoms with Gasteiger partial charge in [-0.3, -0.25) is 0 Å². The maximum absolute atomic E-state index is 15.1. The van der Waals surface area contributed by atoms with Gasteiger partial charge in [-0.25, -0.2) is 4.39 Å². The summed E-state index contributed by atoms with van der Waals surface area (Å²) in [5, 5.41) is 0. The zero-order valence-corrected chi connectivity index (χ0v) is 21.3. The number of hydrogen-bond donors (Lipinski definition) is 0. The minimum absolute atomic E-state index is 0.0898. The third kappa shape index (κ3) is 7.11. The van der Waals surface area contributed by atoms with E-state index in [-0.39, 0.29) is 5.82 Å². The van der Waals surface area contributed by atoms with Crippen molar-refractivity contribution >= 4 is 0 Å². The molecule has 0 amide bonds. The second kappa shape index (κ2) is 12.8. The van der Waals surface area contributed by atoms with Crippen molar-refractivity contribution in [3.8, 4) is 17.6 Å². The Labute approximate surface area is 211 Å². The Morgan fingerprint density at radius 3 is 2.34 bits per heavy atom. The van der Waals surface area contributed by atoms with E-state index >= 15 is 4.39 Å². The van der Waals surface area contributed by atoms with Crippen LogP contribution in [0.5, 0.6) is 5.75 Å². The fourth-order valence-electron chi connectivity index (χ4n) is 5.98. The van der Waals surface area contributed by atoms with Gasteiger partial charge in [0.15, 0.2) is 0 Å². The number of ether oxygens (including phenoxy) is 1. The van der Waals surface area contributed by atoms with Crippen molar-refractivity contribution in [1.82, 2.24) is 0 Å². The first-order chi connectivity index (χ1) is 17.2. The lowest BCUT2D eigenvalue weighted by atomic mass is 9.63. The van der Waals surface area contributed by atoms with Crippen molar-refractivity contribution in [3.05, 3.63) is 89.3 Å². The van der Waals surface area contributed by atoms with Gasteiger partial charge in [-0.1, -0.05) is 48.6 Å². The van der Waals surface area contributed by atoms with Crippen LogP contribution in [0.15, 0.2) is 66.8 Å². The van der Waals surface area contributed by atoms with E-state index in [1.54, 1.807) is 6.07 Å². The molecule has 2 fully saturated rings. The Bertz CT molecular complexity index is 1070. The summed E-state index contributed by atoms with van der Waals surface area (Å²) in [5.41, 5.74) is 2.52. The van der Waals surface area contributed by atoms with E-state index in [4.69, 9.17) is 4.74 Å². The molecule has 2 saturated carbocycles. The molecule has 2 aliphatic rings. The highest BCUT2D eigenvalue weighted by Crippen LogP contribution is 2.48. The number of benzene rings is 2. The predicted octanol–water partition coefficient (Wildman–Crippen LogP) is 8.84. The van der Waals surface area contributed by atoms with Gasteiger partial charge in [-0.15, -0.1) is 0 Å². The minimum atomic E-state index is -0.0898. The average Bonchev–Trinajstić information content (AvgIpc) is 2.88. The van der Waals surface area contributed by atoms with Crippen molar-refractivity contribution in [2.45, 2.75) is 71.1 Å². The molecule has 0 saturated heterocycles. The Morgan fingerprint density at radius 2 is 1.57 bits per heavy atom. The molecular weight excluding hydrogens is 431 g/mol. The molecule has 2 aromatic rings. The summed E-state index contributed by atoms with van der Waals surface area (Å²) in [6, 6.07) is 13.3. The number of fused-ring (bicyclic) bond motifs is 1. The fourth-order valence-corrected chi connectivity index (χ4v) is 5.98. The van der Waals surface area contributed by atoms with E-state index < -0.39 is 0 Å². The molecule has 2 heteroatoms. The lowest BCUT2D eigenvalue weighted by molar-refractivity contribution is 0.114. The van der Waals surface area contributed by atoms with Gasteiger partial charge >= 0.3 is 0 Å². The number of halogens is 1. The standard InChI is InChI=1S/C33H39FO/c1-3-5-7-8-26-11-15-29-24-30(17-16-28(29)22-26)32-20-14-27(23-33(32)34)10-9-25-12-18-31(19-13-25)35-21-6-4-2/h3-6,12-14,18-20,23,26,28-30H,7-8,11,15-17,21-22,24H2,1-2H3/b5-3+,6-4+. The lowest BCUT2D eigenvalue weighted by Crippen LogP contribution is -2.30. The van der Waals surface area contributed by atoms with Gasteiger partial charge in [0.25, 0.3) is 0 Å². The quantitative estimate of drug-likeness (QED) is 0.290. The highest BCUT2D eigenvalue weighted by Gasteiger charge is 2.36. The minimum Gasteiger partial charge on any atom is -0.490 e. The molecule has 1 nitrogen and oxygen atoms in total. The van der Waals surface area contributed by atoms with Crippen molar-refractivity contribution in [2.24, 2.45) is 17.8 Å². The Balaban J connectivity index is 1.33. The monoisotopic (exact) mass is 470 g/mol. The summed E-state index contributed by atoms with van der Waals surface area (Å²) in [5.74, 6) is 9.88. The summed E-state index contributed by atoms with van der Waals surface area (Å²) in [7, 11) is 0. The van der Waals surface area contributed by atoms with Crippen LogP contribution in [0.3, 0.4) is 0 Å². The van der Waals surface area contributed by atoms with E-state index in [0.29, 0.717) is 12.5 Å². The van der Waals surface area contributed by atoms with E-state index in [9.17, 15) is 0 Å². The van der Waals surface area contributed by atoms with Crippen molar-refractivity contribution < 1.29 is 9.13 Å². The first kappa shape index (κ1) is 25.3. The predicted molar refractivity (Wildman–Crippen MR) is 144 cm³/mol. The van der Waals surface area contributed by atoms with Crippen LogP contribution in [0.2, 0.25) is 0 Å². The Hall–Kier alpha value is -2.79. The summed E-state index contributed by atoms with van der Waals surface area (Å²) in [6.07, 6.45) is 18.5. The molecule has 0 radical (unpaired) electrons.